The molecule has 0 radical (unpaired) electrons. The van der Waals surface area contributed by atoms with Crippen LogP contribution >= 0.6 is 0 Å². The van der Waals surface area contributed by atoms with Crippen molar-refractivity contribution in [3.8, 4) is 5.75 Å². The number of halogens is 3. The predicted molar refractivity (Wildman–Crippen MR) is 69.4 cm³/mol. The number of hydrogen-bond donors (Lipinski definition) is 1. The molecule has 2 rings (SSSR count). The zero-order valence-electron chi connectivity index (χ0n) is 11.5. The summed E-state index contributed by atoms with van der Waals surface area (Å²) in [6.45, 7) is 0.442. The summed E-state index contributed by atoms with van der Waals surface area (Å²) < 4.78 is 39.9. The summed E-state index contributed by atoms with van der Waals surface area (Å²) in [6, 6.07) is 4.21. The summed E-state index contributed by atoms with van der Waals surface area (Å²) in [4.78, 5) is 24.5. The normalized spacial score (nSPS) is 18.3. The first kappa shape index (κ1) is 16.1. The molecule has 1 aromatic rings. The van der Waals surface area contributed by atoms with Gasteiger partial charge in [-0.25, -0.2) is 0 Å². The highest BCUT2D eigenvalue weighted by atomic mass is 19.4. The monoisotopic (exact) mass is 317 g/mol. The number of carboxylic acids is 1. The van der Waals surface area contributed by atoms with Gasteiger partial charge in [0.05, 0.1) is 6.42 Å². The molecule has 1 aliphatic rings. The van der Waals surface area contributed by atoms with Gasteiger partial charge in [0.15, 0.2) is 0 Å². The topological polar surface area (TPSA) is 66.8 Å². The SMILES string of the molecule is O=C(O)CC1CCCN1C(=O)c1ccc(OC(F)(F)F)cc1. The van der Waals surface area contributed by atoms with Crippen molar-refractivity contribution in [2.45, 2.75) is 31.7 Å². The smallest absolute Gasteiger partial charge is 0.481 e. The first-order chi connectivity index (χ1) is 10.3. The molecule has 1 heterocycles. The maximum Gasteiger partial charge on any atom is 0.573 e. The maximum absolute atomic E-state index is 12.3. The lowest BCUT2D eigenvalue weighted by molar-refractivity contribution is -0.274. The molecule has 1 aromatic carbocycles. The minimum atomic E-state index is -4.78. The highest BCUT2D eigenvalue weighted by Crippen LogP contribution is 2.25. The van der Waals surface area contributed by atoms with E-state index in [1.54, 1.807) is 0 Å². The average Bonchev–Trinajstić information content (AvgIpc) is 2.84. The quantitative estimate of drug-likeness (QED) is 0.927. The minimum absolute atomic E-state index is 0.138. The van der Waals surface area contributed by atoms with Crippen LogP contribution in [0, 0.1) is 0 Å². The van der Waals surface area contributed by atoms with Gasteiger partial charge in [0.2, 0.25) is 0 Å². The number of carbonyl (C=O) groups is 2. The summed E-state index contributed by atoms with van der Waals surface area (Å²) >= 11 is 0. The lowest BCUT2D eigenvalue weighted by atomic mass is 10.1. The summed E-state index contributed by atoms with van der Waals surface area (Å²) in [5, 5.41) is 8.83. The van der Waals surface area contributed by atoms with Crippen molar-refractivity contribution < 1.29 is 32.6 Å². The van der Waals surface area contributed by atoms with Gasteiger partial charge in [-0.2, -0.15) is 0 Å². The molecule has 1 aliphatic heterocycles. The summed E-state index contributed by atoms with van der Waals surface area (Å²) in [5.41, 5.74) is 0.201. The fourth-order valence-electron chi connectivity index (χ4n) is 2.48. The van der Waals surface area contributed by atoms with Crippen LogP contribution in [-0.4, -0.2) is 40.8 Å². The van der Waals surface area contributed by atoms with Crippen LogP contribution in [-0.2, 0) is 4.79 Å². The third-order valence-electron chi connectivity index (χ3n) is 3.38. The Morgan fingerprint density at radius 2 is 1.91 bits per heavy atom. The van der Waals surface area contributed by atoms with Crippen LogP contribution in [0.3, 0.4) is 0 Å². The molecular formula is C14H14F3NO4. The van der Waals surface area contributed by atoms with Gasteiger partial charge in [-0.05, 0) is 37.1 Å². The fraction of sp³-hybridized carbons (Fsp3) is 0.429. The van der Waals surface area contributed by atoms with E-state index in [-0.39, 0.29) is 23.9 Å². The van der Waals surface area contributed by atoms with Gasteiger partial charge in [-0.3, -0.25) is 9.59 Å². The van der Waals surface area contributed by atoms with E-state index in [1.165, 1.54) is 17.0 Å². The van der Waals surface area contributed by atoms with Gasteiger partial charge >= 0.3 is 12.3 Å². The zero-order chi connectivity index (χ0) is 16.3. The Kier molecular flexibility index (Phi) is 4.58. The van der Waals surface area contributed by atoms with Gasteiger partial charge in [0.1, 0.15) is 5.75 Å². The highest BCUT2D eigenvalue weighted by Gasteiger charge is 2.32. The Hall–Kier alpha value is -2.25. The second-order valence-corrected chi connectivity index (χ2v) is 4.96. The van der Waals surface area contributed by atoms with E-state index in [0.29, 0.717) is 19.4 Å². The first-order valence-corrected chi connectivity index (χ1v) is 6.65. The van der Waals surface area contributed by atoms with E-state index in [2.05, 4.69) is 4.74 Å². The molecule has 0 spiro atoms. The van der Waals surface area contributed by atoms with Gasteiger partial charge in [-0.1, -0.05) is 0 Å². The molecule has 5 nitrogen and oxygen atoms in total. The van der Waals surface area contributed by atoms with Crippen molar-refractivity contribution in [1.82, 2.24) is 4.90 Å². The Morgan fingerprint density at radius 1 is 1.27 bits per heavy atom. The molecule has 0 bridgehead atoms. The van der Waals surface area contributed by atoms with E-state index < -0.39 is 18.1 Å². The highest BCUT2D eigenvalue weighted by molar-refractivity contribution is 5.95. The van der Waals surface area contributed by atoms with E-state index >= 15 is 0 Å². The van der Waals surface area contributed by atoms with Crippen molar-refractivity contribution in [2.24, 2.45) is 0 Å². The number of likely N-dealkylation sites (tertiary alicyclic amines) is 1. The van der Waals surface area contributed by atoms with Crippen molar-refractivity contribution >= 4 is 11.9 Å². The molecule has 0 aliphatic carbocycles. The number of rotatable bonds is 4. The molecule has 1 fully saturated rings. The van der Waals surface area contributed by atoms with Crippen LogP contribution in [0.25, 0.3) is 0 Å². The number of benzene rings is 1. The molecule has 22 heavy (non-hydrogen) atoms. The molecule has 0 aromatic heterocycles. The predicted octanol–water partition coefficient (Wildman–Crippen LogP) is 2.66. The number of ether oxygens (including phenoxy) is 1. The van der Waals surface area contributed by atoms with Gasteiger partial charge in [0, 0.05) is 18.2 Å². The second kappa shape index (κ2) is 6.25. The number of carbonyl (C=O) groups excluding carboxylic acids is 1. The van der Waals surface area contributed by atoms with Crippen molar-refractivity contribution in [2.75, 3.05) is 6.54 Å². The lowest BCUT2D eigenvalue weighted by Gasteiger charge is -2.23. The molecule has 120 valence electrons. The molecule has 1 atom stereocenters. The third-order valence-corrected chi connectivity index (χ3v) is 3.38. The Balaban J connectivity index is 2.07. The molecule has 0 saturated carbocycles. The van der Waals surface area contributed by atoms with Crippen LogP contribution in [0.4, 0.5) is 13.2 Å². The van der Waals surface area contributed by atoms with E-state index in [9.17, 15) is 22.8 Å². The number of hydrogen-bond acceptors (Lipinski definition) is 3. The first-order valence-electron chi connectivity index (χ1n) is 6.65. The standard InChI is InChI=1S/C14H14F3NO4/c15-14(16,17)22-11-5-3-9(4-6-11)13(21)18-7-1-2-10(18)8-12(19)20/h3-6,10H,1-2,7-8H2,(H,19,20). The molecule has 1 amide bonds. The van der Waals surface area contributed by atoms with Gasteiger partial charge < -0.3 is 14.7 Å². The summed E-state index contributed by atoms with van der Waals surface area (Å²) in [7, 11) is 0. The van der Waals surface area contributed by atoms with E-state index in [0.717, 1.165) is 12.1 Å². The third kappa shape index (κ3) is 4.12. The van der Waals surface area contributed by atoms with Crippen LogP contribution in [0.5, 0.6) is 5.75 Å². The molecule has 1 N–H and O–H groups in total. The molecule has 1 saturated heterocycles. The van der Waals surface area contributed by atoms with E-state index in [4.69, 9.17) is 5.11 Å². The Bertz CT molecular complexity index is 556. The fourth-order valence-corrected chi connectivity index (χ4v) is 2.48. The maximum atomic E-state index is 12.3. The van der Waals surface area contributed by atoms with E-state index in [1.807, 2.05) is 0 Å². The lowest BCUT2D eigenvalue weighted by Crippen LogP contribution is -2.36. The second-order valence-electron chi connectivity index (χ2n) is 4.96. The Labute approximate surface area is 124 Å². The summed E-state index contributed by atoms with van der Waals surface area (Å²) in [5.74, 6) is -1.78. The van der Waals surface area contributed by atoms with Gasteiger partial charge in [-0.15, -0.1) is 13.2 Å². The number of aliphatic carboxylic acids is 1. The molecule has 1 unspecified atom stereocenters. The number of carboxylic acid groups (broad SMARTS) is 1. The summed E-state index contributed by atoms with van der Waals surface area (Å²) in [6.07, 6.45) is -3.61. The van der Waals surface area contributed by atoms with Crippen LogP contribution in [0.15, 0.2) is 24.3 Å². The largest absolute Gasteiger partial charge is 0.573 e. The van der Waals surface area contributed by atoms with Gasteiger partial charge in [0.25, 0.3) is 5.91 Å². The van der Waals surface area contributed by atoms with Crippen molar-refractivity contribution in [3.63, 3.8) is 0 Å². The minimum Gasteiger partial charge on any atom is -0.481 e. The zero-order valence-corrected chi connectivity index (χ0v) is 11.5. The molecule has 8 heteroatoms. The van der Waals surface area contributed by atoms with Crippen molar-refractivity contribution in [1.29, 1.82) is 0 Å². The average molecular weight is 317 g/mol. The number of nitrogens with zero attached hydrogens (tertiary/aromatic N) is 1. The number of amides is 1. The van der Waals surface area contributed by atoms with Crippen LogP contribution in [0.2, 0.25) is 0 Å². The van der Waals surface area contributed by atoms with Crippen LogP contribution < -0.4 is 4.74 Å². The van der Waals surface area contributed by atoms with Crippen molar-refractivity contribution in [3.05, 3.63) is 29.8 Å². The number of alkyl halides is 3. The molecular weight excluding hydrogens is 303 g/mol. The van der Waals surface area contributed by atoms with Crippen LogP contribution in [0.1, 0.15) is 29.6 Å². The Morgan fingerprint density at radius 3 is 2.45 bits per heavy atom.